The summed E-state index contributed by atoms with van der Waals surface area (Å²) in [6, 6.07) is 12.0. The molecule has 1 aromatic heterocycles. The van der Waals surface area contributed by atoms with Gasteiger partial charge in [0, 0.05) is 10.9 Å². The molecule has 3 rings (SSSR count). The van der Waals surface area contributed by atoms with E-state index in [2.05, 4.69) is 26.0 Å². The molecule has 5 nitrogen and oxygen atoms in total. The van der Waals surface area contributed by atoms with E-state index in [1.54, 1.807) is 36.5 Å². The van der Waals surface area contributed by atoms with Crippen LogP contribution in [0.1, 0.15) is 18.3 Å². The quantitative estimate of drug-likeness (QED) is 0.718. The molecule has 1 N–H and O–H groups in total. The number of hydrogen-bond acceptors (Lipinski definition) is 4. The molecule has 0 radical (unpaired) electrons. The van der Waals surface area contributed by atoms with Crippen LogP contribution in [0.25, 0.3) is 10.9 Å². The van der Waals surface area contributed by atoms with Gasteiger partial charge in [0.1, 0.15) is 11.6 Å². The van der Waals surface area contributed by atoms with Crippen molar-refractivity contribution in [1.29, 1.82) is 0 Å². The van der Waals surface area contributed by atoms with Crippen molar-refractivity contribution in [3.63, 3.8) is 0 Å². The van der Waals surface area contributed by atoms with Gasteiger partial charge in [-0.25, -0.2) is 4.98 Å². The fraction of sp³-hybridized carbons (Fsp3) is 0.118. The first-order valence-electron chi connectivity index (χ1n) is 7.13. The summed E-state index contributed by atoms with van der Waals surface area (Å²) in [5.74, 6) is 0.783. The Morgan fingerprint density at radius 2 is 2.00 bits per heavy atom. The average Bonchev–Trinajstić information content (AvgIpc) is 2.56. The van der Waals surface area contributed by atoms with Crippen molar-refractivity contribution in [3.8, 4) is 5.75 Å². The minimum absolute atomic E-state index is 0.186. The molecular formula is C17H14BrN3O2. The van der Waals surface area contributed by atoms with Gasteiger partial charge in [-0.1, -0.05) is 22.9 Å². The Morgan fingerprint density at radius 3 is 2.70 bits per heavy atom. The Labute approximate surface area is 141 Å². The van der Waals surface area contributed by atoms with Crippen LogP contribution in [0.3, 0.4) is 0 Å². The molecule has 116 valence electrons. The topological polar surface area (TPSA) is 67.5 Å². The number of aromatic hydroxyl groups is 1. The number of rotatable bonds is 3. The Hall–Kier alpha value is -2.47. The first-order chi connectivity index (χ1) is 11.1. The van der Waals surface area contributed by atoms with Crippen LogP contribution in [-0.2, 0) is 6.42 Å². The minimum Gasteiger partial charge on any atom is -0.508 e. The van der Waals surface area contributed by atoms with E-state index in [-0.39, 0.29) is 11.3 Å². The maximum absolute atomic E-state index is 12.7. The van der Waals surface area contributed by atoms with Crippen LogP contribution in [0.15, 0.2) is 56.8 Å². The molecule has 0 atom stereocenters. The maximum Gasteiger partial charge on any atom is 0.282 e. The van der Waals surface area contributed by atoms with E-state index in [1.807, 2.05) is 19.1 Å². The van der Waals surface area contributed by atoms with Gasteiger partial charge in [-0.15, -0.1) is 0 Å². The third-order valence-electron chi connectivity index (χ3n) is 3.41. The summed E-state index contributed by atoms with van der Waals surface area (Å²) in [4.78, 5) is 17.2. The zero-order valence-corrected chi connectivity index (χ0v) is 14.0. The third kappa shape index (κ3) is 3.17. The second kappa shape index (κ2) is 6.34. The molecular weight excluding hydrogens is 358 g/mol. The normalized spacial score (nSPS) is 11.4. The van der Waals surface area contributed by atoms with Gasteiger partial charge in [0.25, 0.3) is 5.56 Å². The van der Waals surface area contributed by atoms with E-state index in [9.17, 15) is 9.90 Å². The molecule has 0 saturated carbocycles. The molecule has 3 aromatic rings. The summed E-state index contributed by atoms with van der Waals surface area (Å²) >= 11 is 3.37. The lowest BCUT2D eigenvalue weighted by atomic mass is 10.2. The number of halogens is 1. The van der Waals surface area contributed by atoms with E-state index in [0.717, 1.165) is 10.0 Å². The zero-order chi connectivity index (χ0) is 16.4. The summed E-state index contributed by atoms with van der Waals surface area (Å²) in [7, 11) is 0. The summed E-state index contributed by atoms with van der Waals surface area (Å²) in [6.45, 7) is 1.93. The number of aromatic nitrogens is 2. The predicted octanol–water partition coefficient (Wildman–Crippen LogP) is 3.31. The van der Waals surface area contributed by atoms with Crippen LogP contribution < -0.4 is 5.56 Å². The Morgan fingerprint density at radius 1 is 1.26 bits per heavy atom. The smallest absolute Gasteiger partial charge is 0.282 e. The second-order valence-electron chi connectivity index (χ2n) is 5.00. The monoisotopic (exact) mass is 371 g/mol. The summed E-state index contributed by atoms with van der Waals surface area (Å²) < 4.78 is 2.14. The lowest BCUT2D eigenvalue weighted by Crippen LogP contribution is -2.22. The molecule has 0 spiro atoms. The molecule has 1 heterocycles. The van der Waals surface area contributed by atoms with Crippen LogP contribution in [-0.4, -0.2) is 21.0 Å². The lowest BCUT2D eigenvalue weighted by Gasteiger charge is -2.07. The molecule has 0 aliphatic rings. The largest absolute Gasteiger partial charge is 0.508 e. The fourth-order valence-corrected chi connectivity index (χ4v) is 2.59. The van der Waals surface area contributed by atoms with Crippen molar-refractivity contribution in [2.24, 2.45) is 5.10 Å². The van der Waals surface area contributed by atoms with E-state index >= 15 is 0 Å². The van der Waals surface area contributed by atoms with Gasteiger partial charge in [-0.2, -0.15) is 9.78 Å². The lowest BCUT2D eigenvalue weighted by molar-refractivity contribution is 0.475. The molecule has 2 aromatic carbocycles. The van der Waals surface area contributed by atoms with Gasteiger partial charge in [0.15, 0.2) is 0 Å². The molecule has 6 heteroatoms. The summed E-state index contributed by atoms with van der Waals surface area (Å²) in [5, 5.41) is 14.1. The standard InChI is InChI=1S/C17H14BrN3O2/c1-2-16-20-15-8-5-12(18)9-14(15)17(23)21(16)19-10-11-3-6-13(22)7-4-11/h3-10,22H,2H2,1H3. The van der Waals surface area contributed by atoms with Gasteiger partial charge >= 0.3 is 0 Å². The third-order valence-corrected chi connectivity index (χ3v) is 3.90. The van der Waals surface area contributed by atoms with Crippen molar-refractivity contribution in [3.05, 3.63) is 68.7 Å². The number of fused-ring (bicyclic) bond motifs is 1. The first kappa shape index (κ1) is 15.4. The zero-order valence-electron chi connectivity index (χ0n) is 12.4. The highest BCUT2D eigenvalue weighted by Gasteiger charge is 2.09. The molecule has 0 amide bonds. The maximum atomic E-state index is 12.7. The van der Waals surface area contributed by atoms with Crippen molar-refractivity contribution in [1.82, 2.24) is 9.66 Å². The Kier molecular flexibility index (Phi) is 4.25. The molecule has 0 aliphatic carbocycles. The van der Waals surface area contributed by atoms with Gasteiger partial charge in [0.05, 0.1) is 17.1 Å². The van der Waals surface area contributed by atoms with E-state index in [4.69, 9.17) is 0 Å². The van der Waals surface area contributed by atoms with E-state index in [0.29, 0.717) is 23.1 Å². The Bertz CT molecular complexity index is 946. The highest BCUT2D eigenvalue weighted by Crippen LogP contribution is 2.16. The second-order valence-corrected chi connectivity index (χ2v) is 5.91. The number of phenolic OH excluding ortho intramolecular Hbond substituents is 1. The van der Waals surface area contributed by atoms with Crippen molar-refractivity contribution < 1.29 is 5.11 Å². The first-order valence-corrected chi connectivity index (χ1v) is 7.92. The van der Waals surface area contributed by atoms with E-state index < -0.39 is 0 Å². The molecule has 0 aliphatic heterocycles. The summed E-state index contributed by atoms with van der Waals surface area (Å²) in [6.07, 6.45) is 2.17. The molecule has 23 heavy (non-hydrogen) atoms. The van der Waals surface area contributed by atoms with Crippen molar-refractivity contribution >= 4 is 33.0 Å². The number of nitrogens with zero attached hydrogens (tertiary/aromatic N) is 3. The predicted molar refractivity (Wildman–Crippen MR) is 94.2 cm³/mol. The number of aryl methyl sites for hydroxylation is 1. The molecule has 0 saturated heterocycles. The number of phenols is 1. The van der Waals surface area contributed by atoms with Gasteiger partial charge < -0.3 is 5.11 Å². The molecule has 0 bridgehead atoms. The van der Waals surface area contributed by atoms with Crippen LogP contribution in [0.2, 0.25) is 0 Å². The Balaban J connectivity index is 2.13. The van der Waals surface area contributed by atoms with Gasteiger partial charge in [0.2, 0.25) is 0 Å². The van der Waals surface area contributed by atoms with Gasteiger partial charge in [-0.3, -0.25) is 4.79 Å². The van der Waals surface area contributed by atoms with Crippen LogP contribution in [0.4, 0.5) is 0 Å². The van der Waals surface area contributed by atoms with Crippen LogP contribution >= 0.6 is 15.9 Å². The molecule has 0 unspecified atom stereocenters. The van der Waals surface area contributed by atoms with Crippen LogP contribution in [0.5, 0.6) is 5.75 Å². The van der Waals surface area contributed by atoms with E-state index in [1.165, 1.54) is 4.68 Å². The van der Waals surface area contributed by atoms with Crippen molar-refractivity contribution in [2.75, 3.05) is 0 Å². The fourth-order valence-electron chi connectivity index (χ4n) is 2.23. The SMILES string of the molecule is CCc1nc2ccc(Br)cc2c(=O)n1N=Cc1ccc(O)cc1. The van der Waals surface area contributed by atoms with Crippen LogP contribution in [0, 0.1) is 0 Å². The number of benzene rings is 2. The van der Waals surface area contributed by atoms with Crippen molar-refractivity contribution in [2.45, 2.75) is 13.3 Å². The molecule has 0 fully saturated rings. The summed E-state index contributed by atoms with van der Waals surface area (Å²) in [5.41, 5.74) is 1.24. The average molecular weight is 372 g/mol. The van der Waals surface area contributed by atoms with Gasteiger partial charge in [-0.05, 0) is 48.0 Å². The number of hydrogen-bond donors (Lipinski definition) is 1. The minimum atomic E-state index is -0.205. The highest BCUT2D eigenvalue weighted by molar-refractivity contribution is 9.10. The highest BCUT2D eigenvalue weighted by atomic mass is 79.9.